The topological polar surface area (TPSA) is 108 Å². The van der Waals surface area contributed by atoms with Crippen LogP contribution in [0.5, 0.6) is 5.75 Å². The highest BCUT2D eigenvalue weighted by Gasteiger charge is 2.15. The lowest BCUT2D eigenvalue weighted by atomic mass is 10.1. The zero-order valence-corrected chi connectivity index (χ0v) is 16.4. The minimum absolute atomic E-state index is 0.0282. The number of ether oxygens (including phenoxy) is 2. The molecule has 2 aromatic rings. The number of nitrogens with one attached hydrogen (secondary N) is 1. The van der Waals surface area contributed by atoms with Gasteiger partial charge in [-0.2, -0.15) is 0 Å². The van der Waals surface area contributed by atoms with E-state index in [1.807, 2.05) is 13.8 Å². The Morgan fingerprint density at radius 1 is 1.19 bits per heavy atom. The average molecular weight is 392 g/mol. The van der Waals surface area contributed by atoms with Gasteiger partial charge in [0, 0.05) is 17.7 Å². The van der Waals surface area contributed by atoms with Crippen LogP contribution in [-0.2, 0) is 21.4 Å². The lowest BCUT2D eigenvalue weighted by molar-refractivity contribution is 0.0939. The Morgan fingerprint density at radius 2 is 1.85 bits per heavy atom. The van der Waals surface area contributed by atoms with Crippen LogP contribution in [0.3, 0.4) is 0 Å². The first-order valence-corrected chi connectivity index (χ1v) is 9.99. The first-order chi connectivity index (χ1) is 12.8. The van der Waals surface area contributed by atoms with E-state index in [0.29, 0.717) is 24.5 Å². The Bertz CT molecular complexity index is 895. The summed E-state index contributed by atoms with van der Waals surface area (Å²) in [6.45, 7) is 4.62. The van der Waals surface area contributed by atoms with Crippen LogP contribution < -0.4 is 15.2 Å². The van der Waals surface area contributed by atoms with Crippen molar-refractivity contribution in [2.45, 2.75) is 31.4 Å². The molecule has 0 radical (unpaired) electrons. The van der Waals surface area contributed by atoms with Gasteiger partial charge in [-0.1, -0.05) is 12.1 Å². The number of primary sulfonamides is 1. The van der Waals surface area contributed by atoms with E-state index in [0.717, 1.165) is 11.1 Å². The van der Waals surface area contributed by atoms with Crippen molar-refractivity contribution in [1.82, 2.24) is 5.32 Å². The molecule has 0 unspecified atom stereocenters. The molecule has 0 bridgehead atoms. The van der Waals surface area contributed by atoms with Crippen molar-refractivity contribution in [2.24, 2.45) is 5.14 Å². The molecule has 146 valence electrons. The summed E-state index contributed by atoms with van der Waals surface area (Å²) >= 11 is 0. The highest BCUT2D eigenvalue weighted by atomic mass is 32.2. The van der Waals surface area contributed by atoms with Crippen LogP contribution in [0.15, 0.2) is 47.4 Å². The largest absolute Gasteiger partial charge is 0.496 e. The molecule has 0 spiro atoms. The van der Waals surface area contributed by atoms with Gasteiger partial charge >= 0.3 is 0 Å². The van der Waals surface area contributed by atoms with E-state index in [-0.39, 0.29) is 16.8 Å². The van der Waals surface area contributed by atoms with Crippen molar-refractivity contribution >= 4 is 15.9 Å². The molecular formula is C19H24N2O5S. The Balaban J connectivity index is 2.14. The maximum atomic E-state index is 12.6. The SMILES string of the molecule is CCOCc1cc(C(=O)N[C@H](C)c2ccc(S(N)(=O)=O)cc2)ccc1OC. The lowest BCUT2D eigenvalue weighted by Crippen LogP contribution is -2.26. The molecule has 0 aliphatic rings. The van der Waals surface area contributed by atoms with Gasteiger partial charge in [-0.15, -0.1) is 0 Å². The van der Waals surface area contributed by atoms with Crippen LogP contribution in [0.25, 0.3) is 0 Å². The van der Waals surface area contributed by atoms with Gasteiger partial charge in [-0.3, -0.25) is 4.79 Å². The summed E-state index contributed by atoms with van der Waals surface area (Å²) in [5, 5.41) is 7.98. The van der Waals surface area contributed by atoms with Crippen molar-refractivity contribution in [1.29, 1.82) is 0 Å². The molecular weight excluding hydrogens is 368 g/mol. The molecule has 3 N–H and O–H groups in total. The van der Waals surface area contributed by atoms with E-state index in [4.69, 9.17) is 14.6 Å². The molecule has 0 aliphatic carbocycles. The van der Waals surface area contributed by atoms with Gasteiger partial charge in [0.25, 0.3) is 5.91 Å². The van der Waals surface area contributed by atoms with Crippen LogP contribution in [-0.4, -0.2) is 28.0 Å². The fraction of sp³-hybridized carbons (Fsp3) is 0.316. The molecule has 7 nitrogen and oxygen atoms in total. The number of methoxy groups -OCH3 is 1. The minimum atomic E-state index is -3.74. The second kappa shape index (κ2) is 8.98. The predicted octanol–water partition coefficient (Wildman–Crippen LogP) is 2.37. The molecule has 2 aromatic carbocycles. The monoisotopic (exact) mass is 392 g/mol. The Hall–Kier alpha value is -2.42. The molecule has 27 heavy (non-hydrogen) atoms. The number of hydrogen-bond donors (Lipinski definition) is 2. The fourth-order valence-electron chi connectivity index (χ4n) is 2.55. The summed E-state index contributed by atoms with van der Waals surface area (Å²) in [4.78, 5) is 12.6. The Kier molecular flexibility index (Phi) is 6.95. The van der Waals surface area contributed by atoms with Crippen molar-refractivity contribution in [3.8, 4) is 5.75 Å². The van der Waals surface area contributed by atoms with E-state index >= 15 is 0 Å². The summed E-state index contributed by atoms with van der Waals surface area (Å²) < 4.78 is 33.4. The molecule has 0 saturated carbocycles. The maximum absolute atomic E-state index is 12.6. The third-order valence-corrected chi connectivity index (χ3v) is 4.99. The van der Waals surface area contributed by atoms with Crippen LogP contribution in [0.1, 0.15) is 41.4 Å². The maximum Gasteiger partial charge on any atom is 0.251 e. The molecule has 0 saturated heterocycles. The highest BCUT2D eigenvalue weighted by molar-refractivity contribution is 7.89. The molecule has 1 amide bonds. The second-order valence-corrected chi connectivity index (χ2v) is 7.53. The summed E-state index contributed by atoms with van der Waals surface area (Å²) in [5.41, 5.74) is 2.04. The zero-order chi connectivity index (χ0) is 20.0. The summed E-state index contributed by atoms with van der Waals surface area (Å²) in [6, 6.07) is 10.9. The standard InChI is InChI=1S/C19H24N2O5S/c1-4-26-12-16-11-15(7-10-18(16)25-3)19(22)21-13(2)14-5-8-17(9-6-14)27(20,23)24/h5-11,13H,4,12H2,1-3H3,(H,21,22)(H2,20,23,24)/t13-/m1/s1. The lowest BCUT2D eigenvalue weighted by Gasteiger charge is -2.16. The number of carbonyl (C=O) groups is 1. The normalized spacial score (nSPS) is 12.4. The number of hydrogen-bond acceptors (Lipinski definition) is 5. The molecule has 0 fully saturated rings. The number of nitrogens with two attached hydrogens (primary N) is 1. The van der Waals surface area contributed by atoms with Gasteiger partial charge in [0.05, 0.1) is 24.7 Å². The first-order valence-electron chi connectivity index (χ1n) is 8.44. The smallest absolute Gasteiger partial charge is 0.251 e. The predicted molar refractivity (Wildman–Crippen MR) is 102 cm³/mol. The van der Waals surface area contributed by atoms with Gasteiger partial charge in [0.1, 0.15) is 5.75 Å². The zero-order valence-electron chi connectivity index (χ0n) is 15.6. The highest BCUT2D eigenvalue weighted by Crippen LogP contribution is 2.22. The molecule has 0 aliphatic heterocycles. The summed E-state index contributed by atoms with van der Waals surface area (Å²) in [5.74, 6) is 0.407. The quantitative estimate of drug-likeness (QED) is 0.717. The van der Waals surface area contributed by atoms with Gasteiger partial charge in [-0.05, 0) is 49.7 Å². The summed E-state index contributed by atoms with van der Waals surface area (Å²) in [6.07, 6.45) is 0. The number of benzene rings is 2. The van der Waals surface area contributed by atoms with Gasteiger partial charge in [-0.25, -0.2) is 13.6 Å². The third kappa shape index (κ3) is 5.53. The van der Waals surface area contributed by atoms with E-state index in [1.54, 1.807) is 37.4 Å². The summed E-state index contributed by atoms with van der Waals surface area (Å²) in [7, 11) is -2.17. The van der Waals surface area contributed by atoms with E-state index in [2.05, 4.69) is 5.32 Å². The van der Waals surface area contributed by atoms with Crippen LogP contribution >= 0.6 is 0 Å². The van der Waals surface area contributed by atoms with Crippen LogP contribution in [0.4, 0.5) is 0 Å². The molecule has 8 heteroatoms. The first kappa shape index (κ1) is 20.9. The van der Waals surface area contributed by atoms with Crippen molar-refractivity contribution < 1.29 is 22.7 Å². The Labute approximate surface area is 159 Å². The number of rotatable bonds is 8. The molecule has 1 atom stereocenters. The molecule has 2 rings (SSSR count). The van der Waals surface area contributed by atoms with Crippen LogP contribution in [0.2, 0.25) is 0 Å². The molecule has 0 aromatic heterocycles. The van der Waals surface area contributed by atoms with Gasteiger partial charge in [0.15, 0.2) is 0 Å². The van der Waals surface area contributed by atoms with Gasteiger partial charge < -0.3 is 14.8 Å². The van der Waals surface area contributed by atoms with Crippen LogP contribution in [0, 0.1) is 0 Å². The fourth-order valence-corrected chi connectivity index (χ4v) is 3.07. The van der Waals surface area contributed by atoms with E-state index < -0.39 is 10.0 Å². The number of carbonyl (C=O) groups excluding carboxylic acids is 1. The third-order valence-electron chi connectivity index (χ3n) is 4.06. The average Bonchev–Trinajstić information content (AvgIpc) is 2.65. The number of sulfonamides is 1. The Morgan fingerprint density at radius 3 is 2.41 bits per heavy atom. The second-order valence-electron chi connectivity index (χ2n) is 5.97. The van der Waals surface area contributed by atoms with Gasteiger partial charge in [0.2, 0.25) is 10.0 Å². The number of amides is 1. The molecule has 0 heterocycles. The van der Waals surface area contributed by atoms with Crippen molar-refractivity contribution in [3.05, 3.63) is 59.2 Å². The van der Waals surface area contributed by atoms with Crippen molar-refractivity contribution in [2.75, 3.05) is 13.7 Å². The van der Waals surface area contributed by atoms with Crippen molar-refractivity contribution in [3.63, 3.8) is 0 Å². The van der Waals surface area contributed by atoms with E-state index in [1.165, 1.54) is 12.1 Å². The van der Waals surface area contributed by atoms with E-state index in [9.17, 15) is 13.2 Å². The minimum Gasteiger partial charge on any atom is -0.496 e.